The molecule has 0 aliphatic carbocycles. The summed E-state index contributed by atoms with van der Waals surface area (Å²) in [5, 5.41) is 51.9. The van der Waals surface area contributed by atoms with Crippen molar-refractivity contribution in [3.05, 3.63) is 53.6 Å². The number of aliphatic hydroxyl groups excluding tert-OH is 4. The van der Waals surface area contributed by atoms with E-state index < -0.39 is 37.3 Å². The fourth-order valence-electron chi connectivity index (χ4n) is 3.62. The van der Waals surface area contributed by atoms with Crippen molar-refractivity contribution in [1.82, 2.24) is 5.32 Å². The van der Waals surface area contributed by atoms with Gasteiger partial charge in [-0.15, -0.1) is 0 Å². The summed E-state index contributed by atoms with van der Waals surface area (Å²) in [5.41, 5.74) is 1.47. The number of benzene rings is 2. The molecule has 6 N–H and O–H groups in total. The molecule has 1 fully saturated rings. The quantitative estimate of drug-likeness (QED) is 0.241. The molecule has 0 spiro atoms. The number of carbonyl (C=O) groups is 1. The van der Waals surface area contributed by atoms with Crippen LogP contribution in [0.25, 0.3) is 6.08 Å². The van der Waals surface area contributed by atoms with Crippen LogP contribution in [0.3, 0.4) is 0 Å². The Morgan fingerprint density at radius 2 is 1.75 bits per heavy atom. The second kappa shape index (κ2) is 12.6. The first-order chi connectivity index (χ1) is 17.3. The lowest BCUT2D eigenvalue weighted by molar-refractivity contribution is -0.277. The van der Waals surface area contributed by atoms with Gasteiger partial charge < -0.3 is 49.8 Å². The maximum absolute atomic E-state index is 12.2. The molecule has 11 heteroatoms. The van der Waals surface area contributed by atoms with Crippen LogP contribution in [-0.2, 0) is 16.0 Å². The van der Waals surface area contributed by atoms with Gasteiger partial charge >= 0.3 is 0 Å². The van der Waals surface area contributed by atoms with Crippen molar-refractivity contribution in [2.24, 2.45) is 0 Å². The number of phenolic OH excluding ortho intramolecular Hbond substituents is 1. The number of carbonyl (C=O) groups excluding carboxylic acids is 1. The Balaban J connectivity index is 1.61. The number of hydrogen-bond acceptors (Lipinski definition) is 10. The number of methoxy groups -OCH3 is 2. The summed E-state index contributed by atoms with van der Waals surface area (Å²) >= 11 is 0. The summed E-state index contributed by atoms with van der Waals surface area (Å²) < 4.78 is 21.4. The standard InChI is InChI=1S/C25H31NO10/c1-33-17-7-4-14(12-19(17)35-25-24(32)23(31)22(30)20(13-27)36-25)5-8-21(29)26-10-9-15-3-6-16(28)18(11-15)34-2/h3-8,11-12,20,22-25,27-28,30-32H,9-10,13H2,1-2H3,(H,26,29)/t20-,22-,23-,24-,25-/m1/s1. The van der Waals surface area contributed by atoms with Crippen molar-refractivity contribution in [2.45, 2.75) is 37.1 Å². The highest BCUT2D eigenvalue weighted by molar-refractivity contribution is 5.91. The van der Waals surface area contributed by atoms with Gasteiger partial charge in [0.15, 0.2) is 23.0 Å². The molecular formula is C25H31NO10. The fourth-order valence-corrected chi connectivity index (χ4v) is 3.62. The van der Waals surface area contributed by atoms with E-state index in [-0.39, 0.29) is 17.4 Å². The zero-order chi connectivity index (χ0) is 26.2. The van der Waals surface area contributed by atoms with Gasteiger partial charge in [-0.25, -0.2) is 0 Å². The highest BCUT2D eigenvalue weighted by atomic mass is 16.7. The lowest BCUT2D eigenvalue weighted by atomic mass is 9.99. The van der Waals surface area contributed by atoms with Crippen molar-refractivity contribution in [2.75, 3.05) is 27.4 Å². The van der Waals surface area contributed by atoms with Crippen LogP contribution < -0.4 is 19.5 Å². The van der Waals surface area contributed by atoms with Crippen LogP contribution in [0.4, 0.5) is 0 Å². The first-order valence-electron chi connectivity index (χ1n) is 11.2. The number of hydrogen-bond donors (Lipinski definition) is 6. The zero-order valence-corrected chi connectivity index (χ0v) is 19.9. The molecule has 0 aromatic heterocycles. The summed E-state index contributed by atoms with van der Waals surface area (Å²) in [4.78, 5) is 12.2. The van der Waals surface area contributed by atoms with Crippen molar-refractivity contribution in [3.8, 4) is 23.0 Å². The van der Waals surface area contributed by atoms with Crippen molar-refractivity contribution in [3.63, 3.8) is 0 Å². The first-order valence-corrected chi connectivity index (χ1v) is 11.2. The second-order valence-electron chi connectivity index (χ2n) is 8.11. The molecule has 1 amide bonds. The minimum Gasteiger partial charge on any atom is -0.504 e. The van der Waals surface area contributed by atoms with Crippen LogP contribution in [0.15, 0.2) is 42.5 Å². The van der Waals surface area contributed by atoms with Gasteiger partial charge in [0.1, 0.15) is 24.4 Å². The molecule has 1 saturated heterocycles. The van der Waals surface area contributed by atoms with Crippen molar-refractivity contribution < 1.29 is 49.3 Å². The molecule has 196 valence electrons. The van der Waals surface area contributed by atoms with Crippen LogP contribution in [0, 0.1) is 0 Å². The lowest BCUT2D eigenvalue weighted by Gasteiger charge is -2.39. The predicted molar refractivity (Wildman–Crippen MR) is 128 cm³/mol. The smallest absolute Gasteiger partial charge is 0.244 e. The highest BCUT2D eigenvalue weighted by Gasteiger charge is 2.44. The average molecular weight is 506 g/mol. The van der Waals surface area contributed by atoms with Crippen LogP contribution in [0.1, 0.15) is 11.1 Å². The third-order valence-electron chi connectivity index (χ3n) is 5.66. The highest BCUT2D eigenvalue weighted by Crippen LogP contribution is 2.32. The fraction of sp³-hybridized carbons (Fsp3) is 0.400. The SMILES string of the molecule is COc1cc(CCNC(=O)C=Cc2ccc(OC)c(O[C@@H]3O[C@H](CO)[C@@H](O)[C@@H](O)[C@H]3O)c2)ccc1O. The molecule has 2 aromatic rings. The van der Waals surface area contributed by atoms with E-state index in [1.807, 2.05) is 0 Å². The van der Waals surface area contributed by atoms with E-state index in [2.05, 4.69) is 5.32 Å². The normalized spacial score (nSPS) is 23.9. The second-order valence-corrected chi connectivity index (χ2v) is 8.11. The Hall–Kier alpha value is -3.35. The maximum atomic E-state index is 12.2. The zero-order valence-electron chi connectivity index (χ0n) is 19.9. The van der Waals surface area contributed by atoms with E-state index in [9.17, 15) is 30.3 Å². The lowest BCUT2D eigenvalue weighted by Crippen LogP contribution is -2.60. The minimum atomic E-state index is -1.58. The van der Waals surface area contributed by atoms with Crippen LogP contribution in [0.5, 0.6) is 23.0 Å². The summed E-state index contributed by atoms with van der Waals surface area (Å²) in [6.45, 7) is -0.217. The molecule has 1 heterocycles. The largest absolute Gasteiger partial charge is 0.504 e. The minimum absolute atomic E-state index is 0.0441. The van der Waals surface area contributed by atoms with E-state index in [4.69, 9.17) is 18.9 Å². The molecule has 11 nitrogen and oxygen atoms in total. The number of rotatable bonds is 10. The molecule has 0 bridgehead atoms. The van der Waals surface area contributed by atoms with E-state index in [0.717, 1.165) is 5.56 Å². The topological polar surface area (TPSA) is 167 Å². The molecule has 2 aromatic carbocycles. The third-order valence-corrected chi connectivity index (χ3v) is 5.66. The summed E-state index contributed by atoms with van der Waals surface area (Å²) in [7, 11) is 2.88. The molecule has 5 atom stereocenters. The van der Waals surface area contributed by atoms with Gasteiger partial charge in [-0.3, -0.25) is 4.79 Å². The van der Waals surface area contributed by atoms with Crippen molar-refractivity contribution >= 4 is 12.0 Å². The molecule has 1 aliphatic rings. The molecular weight excluding hydrogens is 474 g/mol. The van der Waals surface area contributed by atoms with Crippen LogP contribution in [0.2, 0.25) is 0 Å². The van der Waals surface area contributed by atoms with Gasteiger partial charge in [-0.05, 0) is 47.9 Å². The Kier molecular flexibility index (Phi) is 9.51. The molecule has 0 unspecified atom stereocenters. The third kappa shape index (κ3) is 6.65. The Bertz CT molecular complexity index is 1060. The number of phenols is 1. The summed E-state index contributed by atoms with van der Waals surface area (Å²) in [5.74, 6) is 0.541. The molecule has 0 radical (unpaired) electrons. The number of nitrogens with one attached hydrogen (secondary N) is 1. The molecule has 36 heavy (non-hydrogen) atoms. The first kappa shape index (κ1) is 27.2. The predicted octanol–water partition coefficient (Wildman–Crippen LogP) is -0.0398. The molecule has 3 rings (SSSR count). The average Bonchev–Trinajstić information content (AvgIpc) is 2.88. The van der Waals surface area contributed by atoms with E-state index in [1.54, 1.807) is 36.4 Å². The van der Waals surface area contributed by atoms with Gasteiger partial charge in [0.25, 0.3) is 0 Å². The Morgan fingerprint density at radius 3 is 2.44 bits per heavy atom. The van der Waals surface area contributed by atoms with Gasteiger partial charge in [-0.1, -0.05) is 12.1 Å². The van der Waals surface area contributed by atoms with E-state index >= 15 is 0 Å². The number of aromatic hydroxyl groups is 1. The van der Waals surface area contributed by atoms with Gasteiger partial charge in [0, 0.05) is 12.6 Å². The van der Waals surface area contributed by atoms with Gasteiger partial charge in [0.05, 0.1) is 20.8 Å². The van der Waals surface area contributed by atoms with E-state index in [1.165, 1.54) is 26.4 Å². The monoisotopic (exact) mass is 505 g/mol. The van der Waals surface area contributed by atoms with Crippen LogP contribution >= 0.6 is 0 Å². The molecule has 1 aliphatic heterocycles. The number of aliphatic hydroxyl groups is 4. The van der Waals surface area contributed by atoms with E-state index in [0.29, 0.717) is 30.0 Å². The van der Waals surface area contributed by atoms with Crippen molar-refractivity contribution in [1.29, 1.82) is 0 Å². The summed E-state index contributed by atoms with van der Waals surface area (Å²) in [6, 6.07) is 9.80. The number of ether oxygens (including phenoxy) is 4. The van der Waals surface area contributed by atoms with Gasteiger partial charge in [-0.2, -0.15) is 0 Å². The summed E-state index contributed by atoms with van der Waals surface area (Å²) in [6.07, 6.45) is -3.72. The number of amides is 1. The Labute approximate surface area is 208 Å². The Morgan fingerprint density at radius 1 is 1.00 bits per heavy atom. The molecule has 0 saturated carbocycles. The van der Waals surface area contributed by atoms with Gasteiger partial charge in [0.2, 0.25) is 12.2 Å². The maximum Gasteiger partial charge on any atom is 0.244 e. The van der Waals surface area contributed by atoms with Crippen LogP contribution in [-0.4, -0.2) is 89.5 Å².